The van der Waals surface area contributed by atoms with Gasteiger partial charge in [0.2, 0.25) is 0 Å². The van der Waals surface area contributed by atoms with Crippen LogP contribution in [0, 0.1) is 0 Å². The summed E-state index contributed by atoms with van der Waals surface area (Å²) in [5.41, 5.74) is 1.45. The molecule has 0 spiro atoms. The van der Waals surface area contributed by atoms with Crippen LogP contribution < -0.4 is 4.74 Å². The molecule has 1 nitrogen and oxygen atoms in total. The number of ether oxygens (including phenoxy) is 1. The Labute approximate surface area is 182 Å². The summed E-state index contributed by atoms with van der Waals surface area (Å²) in [4.78, 5) is 3.91. The molecule has 2 heteroatoms. The van der Waals surface area contributed by atoms with Crippen molar-refractivity contribution >= 4 is 10.9 Å². The van der Waals surface area contributed by atoms with Gasteiger partial charge < -0.3 is 4.74 Å². The molecule has 0 fully saturated rings. The number of hydrogen-bond acceptors (Lipinski definition) is 1. The molecule has 4 aromatic carbocycles. The Balaban J connectivity index is 1.58. The highest BCUT2D eigenvalue weighted by molar-refractivity contribution is 7.97. The maximum atomic E-state index is 6.10. The molecule has 0 heterocycles. The zero-order chi connectivity index (χ0) is 21.0. The molecule has 0 unspecified atom stereocenters. The van der Waals surface area contributed by atoms with Crippen LogP contribution in [0.2, 0.25) is 0 Å². The molecule has 0 aliphatic rings. The topological polar surface area (TPSA) is 9.23 Å². The normalized spacial score (nSPS) is 11.5. The lowest BCUT2D eigenvalue weighted by molar-refractivity contribution is 0.481. The number of benzene rings is 4. The van der Waals surface area contributed by atoms with Crippen LogP contribution in [0.5, 0.6) is 11.5 Å². The Hall–Kier alpha value is -2.97. The molecule has 0 aliphatic carbocycles. The predicted octanol–water partition coefficient (Wildman–Crippen LogP) is 7.87. The minimum Gasteiger partial charge on any atom is -0.457 e. The average molecular weight is 412 g/mol. The summed E-state index contributed by atoms with van der Waals surface area (Å²) in [7, 11) is -0.138. The highest BCUT2D eigenvalue weighted by Crippen LogP contribution is 2.33. The van der Waals surface area contributed by atoms with Crippen molar-refractivity contribution in [2.75, 3.05) is 0 Å². The highest BCUT2D eigenvalue weighted by Gasteiger charge is 2.28. The van der Waals surface area contributed by atoms with E-state index in [2.05, 4.69) is 118 Å². The van der Waals surface area contributed by atoms with E-state index in [0.717, 1.165) is 11.5 Å². The fraction of sp³-hybridized carbons (Fsp3) is 0.143. The van der Waals surface area contributed by atoms with Gasteiger partial charge in [-0.15, -0.1) is 0 Å². The lowest BCUT2D eigenvalue weighted by atomic mass is 9.87. The smallest absolute Gasteiger partial charge is 0.166 e. The first-order valence-electron chi connectivity index (χ1n) is 10.2. The van der Waals surface area contributed by atoms with E-state index in [4.69, 9.17) is 4.74 Å². The molecular formula is C28H27OS+. The number of rotatable bonds is 5. The second-order valence-corrected chi connectivity index (χ2v) is 10.3. The quantitative estimate of drug-likeness (QED) is 0.304. The van der Waals surface area contributed by atoms with E-state index in [0.29, 0.717) is 0 Å². The van der Waals surface area contributed by atoms with Crippen LogP contribution in [0.1, 0.15) is 26.3 Å². The molecule has 0 bridgehead atoms. The maximum absolute atomic E-state index is 6.10. The molecule has 150 valence electrons. The number of hydrogen-bond donors (Lipinski definition) is 0. The van der Waals surface area contributed by atoms with Crippen LogP contribution in [0.25, 0.3) is 0 Å². The Kier molecular flexibility index (Phi) is 5.96. The lowest BCUT2D eigenvalue weighted by Crippen LogP contribution is -2.10. The first kappa shape index (κ1) is 20.3. The van der Waals surface area contributed by atoms with Crippen LogP contribution in [-0.4, -0.2) is 0 Å². The molecule has 0 amide bonds. The van der Waals surface area contributed by atoms with Crippen molar-refractivity contribution in [1.29, 1.82) is 0 Å². The van der Waals surface area contributed by atoms with Crippen molar-refractivity contribution in [3.63, 3.8) is 0 Å². The van der Waals surface area contributed by atoms with E-state index >= 15 is 0 Å². The van der Waals surface area contributed by atoms with Gasteiger partial charge in [-0.05, 0) is 71.6 Å². The van der Waals surface area contributed by atoms with Crippen LogP contribution in [0.15, 0.2) is 124 Å². The first-order valence-corrected chi connectivity index (χ1v) is 11.5. The summed E-state index contributed by atoms with van der Waals surface area (Å²) < 4.78 is 6.10. The third-order valence-corrected chi connectivity index (χ3v) is 7.20. The van der Waals surface area contributed by atoms with Gasteiger partial charge in [0, 0.05) is 0 Å². The molecule has 4 aromatic rings. The Morgan fingerprint density at radius 2 is 0.900 bits per heavy atom. The molecule has 0 saturated heterocycles. The van der Waals surface area contributed by atoms with Gasteiger partial charge >= 0.3 is 0 Å². The predicted molar refractivity (Wildman–Crippen MR) is 127 cm³/mol. The van der Waals surface area contributed by atoms with E-state index in [9.17, 15) is 0 Å². The molecule has 4 rings (SSSR count). The van der Waals surface area contributed by atoms with Crippen molar-refractivity contribution in [1.82, 2.24) is 0 Å². The third-order valence-electron chi connectivity index (χ3n) is 4.97. The maximum Gasteiger partial charge on any atom is 0.166 e. The van der Waals surface area contributed by atoms with E-state index in [1.165, 1.54) is 20.2 Å². The summed E-state index contributed by atoms with van der Waals surface area (Å²) in [6.07, 6.45) is 0. The van der Waals surface area contributed by atoms with Crippen molar-refractivity contribution in [2.24, 2.45) is 0 Å². The standard InChI is InChI=1S/C28H27OS/c1-28(2,3)22-14-16-23(17-15-22)29-24-18-20-27(21-19-24)30(25-10-6-4-7-11-25)26-12-8-5-9-13-26/h4-21H,1-3H3/q+1. The van der Waals surface area contributed by atoms with Crippen molar-refractivity contribution < 1.29 is 4.74 Å². The minimum atomic E-state index is -0.138. The monoisotopic (exact) mass is 411 g/mol. The van der Waals surface area contributed by atoms with E-state index < -0.39 is 0 Å². The molecule has 0 N–H and O–H groups in total. The summed E-state index contributed by atoms with van der Waals surface area (Å²) in [5, 5.41) is 0. The molecular weight excluding hydrogens is 384 g/mol. The van der Waals surface area contributed by atoms with Crippen LogP contribution in [0.3, 0.4) is 0 Å². The van der Waals surface area contributed by atoms with Crippen molar-refractivity contribution in [2.45, 2.75) is 40.9 Å². The largest absolute Gasteiger partial charge is 0.457 e. The van der Waals surface area contributed by atoms with E-state index in [1.807, 2.05) is 12.1 Å². The first-order chi connectivity index (χ1) is 14.5. The Morgan fingerprint density at radius 1 is 0.500 bits per heavy atom. The molecule has 0 saturated carbocycles. The van der Waals surface area contributed by atoms with Gasteiger partial charge in [-0.1, -0.05) is 69.3 Å². The summed E-state index contributed by atoms with van der Waals surface area (Å²) in [6.45, 7) is 6.66. The SMILES string of the molecule is CC(C)(C)c1ccc(Oc2ccc([S+](c3ccccc3)c3ccccc3)cc2)cc1. The van der Waals surface area contributed by atoms with Gasteiger partial charge in [0.05, 0.1) is 10.9 Å². The molecule has 30 heavy (non-hydrogen) atoms. The second-order valence-electron chi connectivity index (χ2n) is 8.28. The van der Waals surface area contributed by atoms with Crippen LogP contribution >= 0.6 is 0 Å². The molecule has 0 aromatic heterocycles. The Bertz CT molecular complexity index is 1020. The second kappa shape index (κ2) is 8.81. The van der Waals surface area contributed by atoms with Gasteiger partial charge in [-0.25, -0.2) is 0 Å². The van der Waals surface area contributed by atoms with Gasteiger partial charge in [0.25, 0.3) is 0 Å². The Morgan fingerprint density at radius 3 is 1.33 bits per heavy atom. The molecule has 0 radical (unpaired) electrons. The fourth-order valence-electron chi connectivity index (χ4n) is 3.32. The highest BCUT2D eigenvalue weighted by atomic mass is 32.2. The minimum absolute atomic E-state index is 0.138. The zero-order valence-electron chi connectivity index (χ0n) is 17.7. The van der Waals surface area contributed by atoms with Crippen molar-refractivity contribution in [3.8, 4) is 11.5 Å². The van der Waals surface area contributed by atoms with Crippen LogP contribution in [0.4, 0.5) is 0 Å². The summed E-state index contributed by atoms with van der Waals surface area (Å²) in [6, 6.07) is 38.3. The lowest BCUT2D eigenvalue weighted by Gasteiger charge is -2.19. The van der Waals surface area contributed by atoms with E-state index in [-0.39, 0.29) is 16.3 Å². The zero-order valence-corrected chi connectivity index (χ0v) is 18.5. The summed E-state index contributed by atoms with van der Waals surface area (Å²) >= 11 is 0. The third kappa shape index (κ3) is 4.77. The molecule has 0 aliphatic heterocycles. The van der Waals surface area contributed by atoms with Crippen molar-refractivity contribution in [3.05, 3.63) is 115 Å². The van der Waals surface area contributed by atoms with Gasteiger partial charge in [-0.2, -0.15) is 0 Å². The van der Waals surface area contributed by atoms with Gasteiger partial charge in [0.15, 0.2) is 14.7 Å². The van der Waals surface area contributed by atoms with Gasteiger partial charge in [0.1, 0.15) is 11.5 Å². The van der Waals surface area contributed by atoms with Gasteiger partial charge in [-0.3, -0.25) is 0 Å². The van der Waals surface area contributed by atoms with Crippen LogP contribution in [-0.2, 0) is 16.3 Å². The van der Waals surface area contributed by atoms with E-state index in [1.54, 1.807) is 0 Å². The fourth-order valence-corrected chi connectivity index (χ4v) is 5.41. The molecule has 0 atom stereocenters. The summed E-state index contributed by atoms with van der Waals surface area (Å²) in [5.74, 6) is 1.72. The average Bonchev–Trinajstić information content (AvgIpc) is 2.76.